The van der Waals surface area contributed by atoms with Crippen molar-refractivity contribution in [3.05, 3.63) is 0 Å². The fourth-order valence-corrected chi connectivity index (χ4v) is 2.67. The second-order valence-electron chi connectivity index (χ2n) is 5.38. The molecule has 0 aromatic carbocycles. The lowest BCUT2D eigenvalue weighted by atomic mass is 9.83. The molecule has 5 heteroatoms. The number of ether oxygens (including phenoxy) is 2. The van der Waals surface area contributed by atoms with Crippen LogP contribution >= 0.6 is 0 Å². The second kappa shape index (κ2) is 7.82. The van der Waals surface area contributed by atoms with E-state index < -0.39 is 0 Å². The quantitative estimate of drug-likeness (QED) is 0.693. The van der Waals surface area contributed by atoms with Crippen LogP contribution in [0.15, 0.2) is 0 Å². The minimum Gasteiger partial charge on any atom is -0.385 e. The van der Waals surface area contributed by atoms with Crippen molar-refractivity contribution >= 4 is 5.91 Å². The van der Waals surface area contributed by atoms with Gasteiger partial charge < -0.3 is 19.3 Å². The van der Waals surface area contributed by atoms with E-state index in [2.05, 4.69) is 19.0 Å². The van der Waals surface area contributed by atoms with Gasteiger partial charge in [0.2, 0.25) is 5.91 Å². The number of nitrogens with zero attached hydrogens (tertiary/aromatic N) is 2. The molecule has 1 saturated heterocycles. The summed E-state index contributed by atoms with van der Waals surface area (Å²) in [7, 11) is 5.98. The lowest BCUT2D eigenvalue weighted by molar-refractivity contribution is -0.138. The van der Waals surface area contributed by atoms with Gasteiger partial charge in [-0.25, -0.2) is 0 Å². The zero-order valence-corrected chi connectivity index (χ0v) is 12.8. The maximum absolute atomic E-state index is 11.9. The van der Waals surface area contributed by atoms with Crippen molar-refractivity contribution in [1.82, 2.24) is 9.80 Å². The van der Waals surface area contributed by atoms with Gasteiger partial charge in [-0.2, -0.15) is 0 Å². The van der Waals surface area contributed by atoms with Crippen LogP contribution in [-0.4, -0.2) is 75.4 Å². The van der Waals surface area contributed by atoms with Gasteiger partial charge in [0.25, 0.3) is 0 Å². The van der Waals surface area contributed by atoms with Gasteiger partial charge in [0, 0.05) is 39.0 Å². The van der Waals surface area contributed by atoms with Gasteiger partial charge in [-0.05, 0) is 40.3 Å². The highest BCUT2D eigenvalue weighted by Crippen LogP contribution is 2.30. The van der Waals surface area contributed by atoms with E-state index in [4.69, 9.17) is 9.47 Å². The van der Waals surface area contributed by atoms with Crippen molar-refractivity contribution < 1.29 is 14.3 Å². The van der Waals surface area contributed by atoms with E-state index in [9.17, 15) is 4.79 Å². The summed E-state index contributed by atoms with van der Waals surface area (Å²) >= 11 is 0. The Kier molecular flexibility index (Phi) is 6.75. The van der Waals surface area contributed by atoms with Gasteiger partial charge in [-0.1, -0.05) is 0 Å². The van der Waals surface area contributed by atoms with E-state index in [0.29, 0.717) is 6.61 Å². The van der Waals surface area contributed by atoms with Crippen LogP contribution < -0.4 is 0 Å². The van der Waals surface area contributed by atoms with Crippen LogP contribution in [-0.2, 0) is 14.3 Å². The molecule has 0 bridgehead atoms. The van der Waals surface area contributed by atoms with Crippen molar-refractivity contribution in [3.63, 3.8) is 0 Å². The summed E-state index contributed by atoms with van der Waals surface area (Å²) in [6, 6.07) is 0. The Labute approximate surface area is 116 Å². The van der Waals surface area contributed by atoms with E-state index in [0.717, 1.165) is 39.0 Å². The van der Waals surface area contributed by atoms with Gasteiger partial charge in [0.05, 0.1) is 0 Å². The molecular weight excluding hydrogens is 244 g/mol. The summed E-state index contributed by atoms with van der Waals surface area (Å²) in [6.45, 7) is 5.11. The first-order chi connectivity index (χ1) is 9.05. The molecule has 0 saturated carbocycles. The third-order valence-electron chi connectivity index (χ3n) is 4.20. The molecule has 1 heterocycles. The normalized spacial score (nSPS) is 18.9. The Morgan fingerprint density at radius 3 is 2.42 bits per heavy atom. The van der Waals surface area contributed by atoms with Crippen LogP contribution in [0.25, 0.3) is 0 Å². The van der Waals surface area contributed by atoms with Crippen LogP contribution in [0.4, 0.5) is 0 Å². The standard InChI is InChI=1S/C14H28N2O3/c1-5-19-12-13(17)16-9-6-14(7-10-16,15(2)3)8-11-18-4/h5-12H2,1-4H3. The Hall–Kier alpha value is -0.650. The van der Waals surface area contributed by atoms with E-state index in [1.54, 1.807) is 7.11 Å². The Morgan fingerprint density at radius 2 is 1.95 bits per heavy atom. The zero-order chi connectivity index (χ0) is 14.3. The maximum Gasteiger partial charge on any atom is 0.248 e. The maximum atomic E-state index is 11.9. The van der Waals surface area contributed by atoms with E-state index in [1.165, 1.54) is 0 Å². The summed E-state index contributed by atoms with van der Waals surface area (Å²) in [4.78, 5) is 16.1. The summed E-state index contributed by atoms with van der Waals surface area (Å²) in [6.07, 6.45) is 3.02. The molecular formula is C14H28N2O3. The second-order valence-corrected chi connectivity index (χ2v) is 5.38. The molecule has 0 aliphatic carbocycles. The molecule has 19 heavy (non-hydrogen) atoms. The summed E-state index contributed by atoms with van der Waals surface area (Å²) in [5.74, 6) is 0.112. The van der Waals surface area contributed by atoms with Gasteiger partial charge in [0.1, 0.15) is 6.61 Å². The summed E-state index contributed by atoms with van der Waals surface area (Å²) in [5.41, 5.74) is 0.165. The van der Waals surface area contributed by atoms with Crippen molar-refractivity contribution in [2.75, 3.05) is 54.1 Å². The fraction of sp³-hybridized carbons (Fsp3) is 0.929. The molecule has 0 atom stereocenters. The van der Waals surface area contributed by atoms with Crippen LogP contribution in [0, 0.1) is 0 Å². The lowest BCUT2D eigenvalue weighted by Gasteiger charge is -2.46. The first-order valence-electron chi connectivity index (χ1n) is 7.07. The van der Waals surface area contributed by atoms with Crippen LogP contribution in [0.5, 0.6) is 0 Å². The largest absolute Gasteiger partial charge is 0.385 e. The molecule has 0 aromatic heterocycles. The number of piperidine rings is 1. The highest BCUT2D eigenvalue weighted by atomic mass is 16.5. The number of rotatable bonds is 7. The smallest absolute Gasteiger partial charge is 0.248 e. The van der Waals surface area contributed by atoms with Gasteiger partial charge in [-0.15, -0.1) is 0 Å². The van der Waals surface area contributed by atoms with Gasteiger partial charge in [-0.3, -0.25) is 4.79 Å². The number of carbonyl (C=O) groups is 1. The molecule has 5 nitrogen and oxygen atoms in total. The molecule has 1 rings (SSSR count). The Balaban J connectivity index is 2.50. The van der Waals surface area contributed by atoms with Gasteiger partial charge in [0.15, 0.2) is 0 Å². The molecule has 0 unspecified atom stereocenters. The van der Waals surface area contributed by atoms with Crippen molar-refractivity contribution in [3.8, 4) is 0 Å². The molecule has 0 aromatic rings. The van der Waals surface area contributed by atoms with Crippen molar-refractivity contribution in [2.45, 2.75) is 31.7 Å². The van der Waals surface area contributed by atoms with E-state index in [1.807, 2.05) is 11.8 Å². The average Bonchev–Trinajstić information content (AvgIpc) is 2.42. The SMILES string of the molecule is CCOCC(=O)N1CCC(CCOC)(N(C)C)CC1. The molecule has 0 N–H and O–H groups in total. The number of hydrogen-bond donors (Lipinski definition) is 0. The van der Waals surface area contributed by atoms with Crippen LogP contribution in [0.3, 0.4) is 0 Å². The molecule has 0 spiro atoms. The first kappa shape index (κ1) is 16.4. The predicted molar refractivity (Wildman–Crippen MR) is 75.2 cm³/mol. The zero-order valence-electron chi connectivity index (χ0n) is 12.8. The van der Waals surface area contributed by atoms with Crippen LogP contribution in [0.1, 0.15) is 26.2 Å². The predicted octanol–water partition coefficient (Wildman–Crippen LogP) is 0.982. The van der Waals surface area contributed by atoms with E-state index >= 15 is 0 Å². The number of hydrogen-bond acceptors (Lipinski definition) is 4. The first-order valence-corrected chi connectivity index (χ1v) is 7.07. The lowest BCUT2D eigenvalue weighted by Crippen LogP contribution is -2.54. The van der Waals surface area contributed by atoms with Crippen LogP contribution in [0.2, 0.25) is 0 Å². The minimum atomic E-state index is 0.112. The minimum absolute atomic E-state index is 0.112. The molecule has 0 radical (unpaired) electrons. The Morgan fingerprint density at radius 1 is 1.32 bits per heavy atom. The van der Waals surface area contributed by atoms with Crippen molar-refractivity contribution in [1.29, 1.82) is 0 Å². The molecule has 1 aliphatic rings. The number of likely N-dealkylation sites (tertiary alicyclic amines) is 1. The average molecular weight is 272 g/mol. The van der Waals surface area contributed by atoms with Crippen molar-refractivity contribution in [2.24, 2.45) is 0 Å². The third-order valence-corrected chi connectivity index (χ3v) is 4.20. The molecule has 1 aliphatic heterocycles. The molecule has 1 amide bonds. The monoisotopic (exact) mass is 272 g/mol. The van der Waals surface area contributed by atoms with Gasteiger partial charge >= 0.3 is 0 Å². The topological polar surface area (TPSA) is 42.0 Å². The fourth-order valence-electron chi connectivity index (χ4n) is 2.67. The highest BCUT2D eigenvalue weighted by molar-refractivity contribution is 5.77. The van der Waals surface area contributed by atoms with E-state index in [-0.39, 0.29) is 18.1 Å². The number of carbonyl (C=O) groups excluding carboxylic acids is 1. The number of methoxy groups -OCH3 is 1. The summed E-state index contributed by atoms with van der Waals surface area (Å²) < 4.78 is 10.4. The molecule has 1 fully saturated rings. The Bertz CT molecular complexity index is 274. The number of amides is 1. The molecule has 112 valence electrons. The highest BCUT2D eigenvalue weighted by Gasteiger charge is 2.37. The summed E-state index contributed by atoms with van der Waals surface area (Å²) in [5, 5.41) is 0. The third kappa shape index (κ3) is 4.44.